The van der Waals surface area contributed by atoms with Crippen molar-refractivity contribution in [1.82, 2.24) is 0 Å². The molecule has 1 N–H and O–H groups in total. The summed E-state index contributed by atoms with van der Waals surface area (Å²) in [4.78, 5) is 10.5. The maximum Gasteiger partial charge on any atom is 0.303 e. The molecule has 0 saturated carbocycles. The lowest BCUT2D eigenvalue weighted by atomic mass is 9.86. The van der Waals surface area contributed by atoms with Crippen LogP contribution in [0.5, 0.6) is 0 Å². The Kier molecular flexibility index (Phi) is 4.07. The van der Waals surface area contributed by atoms with Gasteiger partial charge in [0.2, 0.25) is 0 Å². The number of rotatable bonds is 4. The Labute approximate surface area is 88.4 Å². The second kappa shape index (κ2) is 4.92. The molecule has 0 bridgehead atoms. The second-order valence-corrected chi connectivity index (χ2v) is 6.31. The van der Waals surface area contributed by atoms with E-state index in [1.807, 2.05) is 0 Å². The van der Waals surface area contributed by atoms with E-state index in [2.05, 4.69) is 0 Å². The van der Waals surface area contributed by atoms with Crippen molar-refractivity contribution in [1.29, 1.82) is 0 Å². The van der Waals surface area contributed by atoms with Gasteiger partial charge in [-0.05, 0) is 18.8 Å². The van der Waals surface area contributed by atoms with Crippen molar-refractivity contribution < 1.29 is 22.7 Å². The number of carboxylic acid groups (broad SMARTS) is 1. The molecule has 0 spiro atoms. The summed E-state index contributed by atoms with van der Waals surface area (Å²) in [6.07, 6.45) is 0.579. The summed E-state index contributed by atoms with van der Waals surface area (Å²) in [6.45, 7) is -0.684. The molecule has 15 heavy (non-hydrogen) atoms. The van der Waals surface area contributed by atoms with Crippen LogP contribution in [0, 0.1) is 11.8 Å². The van der Waals surface area contributed by atoms with Crippen LogP contribution in [0.1, 0.15) is 19.3 Å². The maximum absolute atomic E-state index is 12.6. The van der Waals surface area contributed by atoms with Crippen LogP contribution in [0.3, 0.4) is 0 Å². The Morgan fingerprint density at radius 3 is 2.33 bits per heavy atom. The molecule has 1 unspecified atom stereocenters. The van der Waals surface area contributed by atoms with E-state index < -0.39 is 28.4 Å². The van der Waals surface area contributed by atoms with Crippen LogP contribution in [0.2, 0.25) is 0 Å². The van der Waals surface area contributed by atoms with E-state index in [0.29, 0.717) is 12.8 Å². The van der Waals surface area contributed by atoms with Gasteiger partial charge in [-0.15, -0.1) is 0 Å². The van der Waals surface area contributed by atoms with E-state index in [1.54, 1.807) is 0 Å². The largest absolute Gasteiger partial charge is 0.481 e. The van der Waals surface area contributed by atoms with E-state index in [0.717, 1.165) is 0 Å². The molecule has 0 aliphatic carbocycles. The molecule has 0 aromatic carbocycles. The number of sulfone groups is 1. The summed E-state index contributed by atoms with van der Waals surface area (Å²) in [5.41, 5.74) is 0. The molecule has 6 heteroatoms. The Morgan fingerprint density at radius 2 is 1.93 bits per heavy atom. The molecular weight excluding hydrogens is 223 g/mol. The number of carbonyl (C=O) groups is 1. The molecule has 0 aromatic heterocycles. The zero-order valence-corrected chi connectivity index (χ0v) is 9.17. The number of alkyl halides is 1. The fourth-order valence-corrected chi connectivity index (χ4v) is 3.48. The lowest BCUT2D eigenvalue weighted by molar-refractivity contribution is -0.138. The van der Waals surface area contributed by atoms with Crippen LogP contribution in [-0.4, -0.2) is 37.7 Å². The fraction of sp³-hybridized carbons (Fsp3) is 0.889. The SMILES string of the molecule is O=C(O)CC(CF)C1CCS(=O)(=O)CC1. The van der Waals surface area contributed by atoms with Crippen molar-refractivity contribution in [2.45, 2.75) is 19.3 Å². The van der Waals surface area contributed by atoms with Crippen molar-refractivity contribution in [3.63, 3.8) is 0 Å². The van der Waals surface area contributed by atoms with Crippen LogP contribution >= 0.6 is 0 Å². The minimum Gasteiger partial charge on any atom is -0.481 e. The van der Waals surface area contributed by atoms with E-state index in [-0.39, 0.29) is 23.8 Å². The number of aliphatic carboxylic acids is 1. The molecule has 0 radical (unpaired) electrons. The molecule has 1 atom stereocenters. The maximum atomic E-state index is 12.6. The van der Waals surface area contributed by atoms with Crippen molar-refractivity contribution in [3.8, 4) is 0 Å². The van der Waals surface area contributed by atoms with Gasteiger partial charge in [0.05, 0.1) is 24.6 Å². The van der Waals surface area contributed by atoms with Crippen LogP contribution in [0.15, 0.2) is 0 Å². The summed E-state index contributed by atoms with van der Waals surface area (Å²) in [5.74, 6) is -1.53. The molecule has 1 aliphatic heterocycles. The van der Waals surface area contributed by atoms with Gasteiger partial charge in [-0.25, -0.2) is 8.42 Å². The lowest BCUT2D eigenvalue weighted by Crippen LogP contribution is -2.30. The van der Waals surface area contributed by atoms with E-state index in [9.17, 15) is 17.6 Å². The van der Waals surface area contributed by atoms with Crippen LogP contribution in [-0.2, 0) is 14.6 Å². The highest BCUT2D eigenvalue weighted by atomic mass is 32.2. The van der Waals surface area contributed by atoms with E-state index >= 15 is 0 Å². The molecule has 0 amide bonds. The quantitative estimate of drug-likeness (QED) is 0.789. The van der Waals surface area contributed by atoms with Gasteiger partial charge in [-0.1, -0.05) is 0 Å². The summed E-state index contributed by atoms with van der Waals surface area (Å²) in [6, 6.07) is 0. The Bertz CT molecular complexity index is 311. The highest BCUT2D eigenvalue weighted by molar-refractivity contribution is 7.91. The minimum atomic E-state index is -2.96. The van der Waals surface area contributed by atoms with Crippen molar-refractivity contribution in [2.75, 3.05) is 18.2 Å². The first-order valence-corrected chi connectivity index (χ1v) is 6.75. The van der Waals surface area contributed by atoms with Crippen molar-refractivity contribution in [2.24, 2.45) is 11.8 Å². The molecule has 0 aromatic rings. The molecule has 1 saturated heterocycles. The van der Waals surface area contributed by atoms with Crippen molar-refractivity contribution in [3.05, 3.63) is 0 Å². The van der Waals surface area contributed by atoms with Gasteiger partial charge in [-0.2, -0.15) is 0 Å². The number of hydrogen-bond acceptors (Lipinski definition) is 3. The lowest BCUT2D eigenvalue weighted by Gasteiger charge is -2.27. The molecule has 1 fully saturated rings. The second-order valence-electron chi connectivity index (χ2n) is 4.00. The topological polar surface area (TPSA) is 71.4 Å². The van der Waals surface area contributed by atoms with Crippen LogP contribution in [0.4, 0.5) is 4.39 Å². The van der Waals surface area contributed by atoms with Crippen molar-refractivity contribution >= 4 is 15.8 Å². The predicted octanol–water partition coefficient (Wildman–Crippen LogP) is 0.872. The predicted molar refractivity (Wildman–Crippen MR) is 53.1 cm³/mol. The zero-order chi connectivity index (χ0) is 11.5. The van der Waals surface area contributed by atoms with Crippen LogP contribution in [0.25, 0.3) is 0 Å². The first-order chi connectivity index (χ1) is 6.94. The minimum absolute atomic E-state index is 0.0633. The summed E-state index contributed by atoms with van der Waals surface area (Å²) in [7, 11) is -2.96. The van der Waals surface area contributed by atoms with Gasteiger partial charge in [-0.3, -0.25) is 9.18 Å². The van der Waals surface area contributed by atoms with Gasteiger partial charge in [0.25, 0.3) is 0 Å². The van der Waals surface area contributed by atoms with Gasteiger partial charge >= 0.3 is 5.97 Å². The number of halogens is 1. The van der Waals surface area contributed by atoms with Gasteiger partial charge < -0.3 is 5.11 Å². The molecule has 1 rings (SSSR count). The third-order valence-electron chi connectivity index (χ3n) is 2.90. The molecule has 1 aliphatic rings. The standard InChI is InChI=1S/C9H15FO4S/c10-6-8(5-9(11)12)7-1-3-15(13,14)4-2-7/h7-8H,1-6H2,(H,11,12). The third-order valence-corrected chi connectivity index (χ3v) is 4.62. The summed E-state index contributed by atoms with van der Waals surface area (Å²) >= 11 is 0. The smallest absolute Gasteiger partial charge is 0.303 e. The molecular formula is C9H15FO4S. The number of carboxylic acids is 1. The van der Waals surface area contributed by atoms with Gasteiger partial charge in [0.1, 0.15) is 9.84 Å². The Hall–Kier alpha value is -0.650. The molecule has 88 valence electrons. The molecule has 4 nitrogen and oxygen atoms in total. The fourth-order valence-electron chi connectivity index (χ4n) is 1.95. The summed E-state index contributed by atoms with van der Waals surface area (Å²) < 4.78 is 34.8. The Morgan fingerprint density at radius 1 is 1.40 bits per heavy atom. The molecule has 1 heterocycles. The normalized spacial score (nSPS) is 23.5. The average Bonchev–Trinajstić information content (AvgIpc) is 2.14. The summed E-state index contributed by atoms with van der Waals surface area (Å²) in [5, 5.41) is 8.56. The first-order valence-electron chi connectivity index (χ1n) is 4.93. The highest BCUT2D eigenvalue weighted by Crippen LogP contribution is 2.28. The highest BCUT2D eigenvalue weighted by Gasteiger charge is 2.30. The van der Waals surface area contributed by atoms with Gasteiger partial charge in [0.15, 0.2) is 0 Å². The van der Waals surface area contributed by atoms with Gasteiger partial charge in [0, 0.05) is 5.92 Å². The average molecular weight is 238 g/mol. The third kappa shape index (κ3) is 3.77. The van der Waals surface area contributed by atoms with E-state index in [4.69, 9.17) is 5.11 Å². The zero-order valence-electron chi connectivity index (χ0n) is 8.36. The van der Waals surface area contributed by atoms with E-state index in [1.165, 1.54) is 0 Å². The number of hydrogen-bond donors (Lipinski definition) is 1. The van der Waals surface area contributed by atoms with Crippen LogP contribution < -0.4 is 0 Å². The monoisotopic (exact) mass is 238 g/mol. The first kappa shape index (κ1) is 12.4. The Balaban J connectivity index is 2.53.